The molecule has 0 saturated heterocycles. The van der Waals surface area contributed by atoms with Crippen LogP contribution >= 0.6 is 0 Å². The van der Waals surface area contributed by atoms with E-state index >= 15 is 0 Å². The Morgan fingerprint density at radius 3 is 1.92 bits per heavy atom. The van der Waals surface area contributed by atoms with Gasteiger partial charge in [0.05, 0.1) is 22.2 Å². The molecule has 4 heteroatoms. The second-order valence-corrected chi connectivity index (χ2v) is 13.7. The SMILES string of the molecule is c1ccc2c(-c3nc(-n4c5ccccc5c5cc6c(ccc7oc8ccccc8c76)cc54)nc4c5ccccc5c5ccccc5c34)cccc2c1. The van der Waals surface area contributed by atoms with E-state index in [0.29, 0.717) is 5.95 Å². The van der Waals surface area contributed by atoms with Gasteiger partial charge in [0.15, 0.2) is 0 Å². The Hall–Kier alpha value is -7.04. The van der Waals surface area contributed by atoms with Crippen LogP contribution in [0.15, 0.2) is 168 Å². The number of rotatable bonds is 2. The lowest BCUT2D eigenvalue weighted by atomic mass is 9.93. The summed E-state index contributed by atoms with van der Waals surface area (Å²) in [6.07, 6.45) is 0. The molecule has 0 aliphatic rings. The molecule has 0 radical (unpaired) electrons. The predicted molar refractivity (Wildman–Crippen MR) is 217 cm³/mol. The fourth-order valence-corrected chi connectivity index (χ4v) is 8.71. The summed E-state index contributed by atoms with van der Waals surface area (Å²) in [6, 6.07) is 58.3. The average molecular weight is 662 g/mol. The van der Waals surface area contributed by atoms with Crippen LogP contribution in [0, 0.1) is 0 Å². The average Bonchev–Trinajstić information content (AvgIpc) is 3.75. The topological polar surface area (TPSA) is 43.9 Å². The lowest BCUT2D eigenvalue weighted by molar-refractivity contribution is 0.669. The summed E-state index contributed by atoms with van der Waals surface area (Å²) in [5.41, 5.74) is 6.89. The Morgan fingerprint density at radius 1 is 0.385 bits per heavy atom. The largest absolute Gasteiger partial charge is 0.456 e. The number of aromatic nitrogens is 3. The molecular formula is C48H27N3O. The van der Waals surface area contributed by atoms with Crippen LogP contribution in [0.4, 0.5) is 0 Å². The van der Waals surface area contributed by atoms with Crippen molar-refractivity contribution in [3.63, 3.8) is 0 Å². The van der Waals surface area contributed by atoms with Gasteiger partial charge in [-0.1, -0.05) is 133 Å². The first kappa shape index (κ1) is 27.7. The van der Waals surface area contributed by atoms with Crippen LogP contribution in [0.2, 0.25) is 0 Å². The molecule has 9 aromatic carbocycles. The van der Waals surface area contributed by atoms with Gasteiger partial charge in [0, 0.05) is 37.9 Å². The van der Waals surface area contributed by atoms with E-state index in [0.717, 1.165) is 87.4 Å². The Balaban J connectivity index is 1.27. The second-order valence-electron chi connectivity index (χ2n) is 13.7. The predicted octanol–water partition coefficient (Wildman–Crippen LogP) is 12.9. The minimum absolute atomic E-state index is 0.649. The molecule has 3 heterocycles. The summed E-state index contributed by atoms with van der Waals surface area (Å²) in [4.78, 5) is 11.2. The zero-order valence-corrected chi connectivity index (χ0v) is 27.8. The number of hydrogen-bond donors (Lipinski definition) is 0. The van der Waals surface area contributed by atoms with Crippen LogP contribution in [0.25, 0.3) is 115 Å². The van der Waals surface area contributed by atoms with Crippen LogP contribution < -0.4 is 0 Å². The smallest absolute Gasteiger partial charge is 0.235 e. The van der Waals surface area contributed by atoms with E-state index in [1.54, 1.807) is 0 Å². The lowest BCUT2D eigenvalue weighted by Gasteiger charge is -2.17. The maximum Gasteiger partial charge on any atom is 0.235 e. The third-order valence-corrected chi connectivity index (χ3v) is 11.0. The normalized spacial score (nSPS) is 12.2. The van der Waals surface area contributed by atoms with E-state index in [-0.39, 0.29) is 0 Å². The van der Waals surface area contributed by atoms with Gasteiger partial charge in [0.25, 0.3) is 0 Å². The van der Waals surface area contributed by atoms with Crippen molar-refractivity contribution >= 4 is 97.7 Å². The van der Waals surface area contributed by atoms with E-state index in [2.05, 4.69) is 156 Å². The van der Waals surface area contributed by atoms with Crippen molar-refractivity contribution in [1.82, 2.24) is 14.5 Å². The molecule has 0 aliphatic heterocycles. The number of furan rings is 1. The van der Waals surface area contributed by atoms with Crippen molar-refractivity contribution in [3.8, 4) is 17.2 Å². The van der Waals surface area contributed by atoms with Gasteiger partial charge in [-0.2, -0.15) is 0 Å². The first-order chi connectivity index (χ1) is 25.8. The van der Waals surface area contributed by atoms with Gasteiger partial charge in [-0.15, -0.1) is 0 Å². The molecule has 0 bridgehead atoms. The van der Waals surface area contributed by atoms with Crippen molar-refractivity contribution < 1.29 is 4.42 Å². The van der Waals surface area contributed by atoms with Gasteiger partial charge < -0.3 is 4.42 Å². The van der Waals surface area contributed by atoms with Crippen molar-refractivity contribution in [2.75, 3.05) is 0 Å². The minimum Gasteiger partial charge on any atom is -0.456 e. The van der Waals surface area contributed by atoms with E-state index in [1.807, 2.05) is 12.1 Å². The zero-order chi connectivity index (χ0) is 33.9. The molecule has 12 aromatic rings. The van der Waals surface area contributed by atoms with Gasteiger partial charge in [-0.25, -0.2) is 9.97 Å². The standard InChI is InChI=1S/C48H27N3O/c1-2-14-30-28(12-1)13-11-21-35(30)46-45-34-18-5-3-15-31(34)32-16-4-6-19-36(32)47(45)50-48(49-46)51-40-22-9-7-17-33(40)39-27-38-29(26-41(39)51)24-25-43-44(38)37-20-8-10-23-42(37)52-43/h1-27H. The molecule has 240 valence electrons. The van der Waals surface area contributed by atoms with Gasteiger partial charge in [-0.3, -0.25) is 4.57 Å². The number of hydrogen-bond acceptors (Lipinski definition) is 3. The molecular weight excluding hydrogens is 635 g/mol. The van der Waals surface area contributed by atoms with Crippen LogP contribution in [0.3, 0.4) is 0 Å². The number of para-hydroxylation sites is 2. The number of fused-ring (bicyclic) bond motifs is 15. The minimum atomic E-state index is 0.649. The second kappa shape index (κ2) is 10.3. The molecule has 52 heavy (non-hydrogen) atoms. The lowest BCUT2D eigenvalue weighted by Crippen LogP contribution is -2.04. The summed E-state index contributed by atoms with van der Waals surface area (Å²) < 4.78 is 8.57. The first-order valence-electron chi connectivity index (χ1n) is 17.7. The fraction of sp³-hybridized carbons (Fsp3) is 0. The molecule has 0 amide bonds. The number of benzene rings is 9. The van der Waals surface area contributed by atoms with E-state index in [1.165, 1.54) is 21.5 Å². The van der Waals surface area contributed by atoms with Gasteiger partial charge in [0.2, 0.25) is 5.95 Å². The van der Waals surface area contributed by atoms with Crippen LogP contribution in [-0.2, 0) is 0 Å². The molecule has 0 aliphatic carbocycles. The molecule has 0 N–H and O–H groups in total. The third-order valence-electron chi connectivity index (χ3n) is 11.0. The van der Waals surface area contributed by atoms with Crippen molar-refractivity contribution in [1.29, 1.82) is 0 Å². The number of nitrogens with zero attached hydrogens (tertiary/aromatic N) is 3. The highest BCUT2D eigenvalue weighted by atomic mass is 16.3. The maximum atomic E-state index is 6.30. The molecule has 3 aromatic heterocycles. The van der Waals surface area contributed by atoms with Gasteiger partial charge in [-0.05, 0) is 68.0 Å². The van der Waals surface area contributed by atoms with E-state index in [9.17, 15) is 0 Å². The summed E-state index contributed by atoms with van der Waals surface area (Å²) in [7, 11) is 0. The summed E-state index contributed by atoms with van der Waals surface area (Å²) in [6.45, 7) is 0. The quantitative estimate of drug-likeness (QED) is 0.173. The van der Waals surface area contributed by atoms with Crippen LogP contribution in [0.1, 0.15) is 0 Å². The molecule has 0 saturated carbocycles. The molecule has 0 spiro atoms. The third kappa shape index (κ3) is 3.70. The van der Waals surface area contributed by atoms with Crippen LogP contribution in [-0.4, -0.2) is 14.5 Å². The Kier molecular flexibility index (Phi) is 5.47. The maximum absolute atomic E-state index is 6.30. The Bertz CT molecular complexity index is 3470. The molecule has 0 atom stereocenters. The highest BCUT2D eigenvalue weighted by Crippen LogP contribution is 2.43. The van der Waals surface area contributed by atoms with E-state index in [4.69, 9.17) is 14.4 Å². The van der Waals surface area contributed by atoms with E-state index < -0.39 is 0 Å². The zero-order valence-electron chi connectivity index (χ0n) is 27.8. The van der Waals surface area contributed by atoms with Crippen molar-refractivity contribution in [2.45, 2.75) is 0 Å². The van der Waals surface area contributed by atoms with Crippen molar-refractivity contribution in [2.24, 2.45) is 0 Å². The summed E-state index contributed by atoms with van der Waals surface area (Å²) in [5, 5.41) is 14.9. The van der Waals surface area contributed by atoms with Crippen molar-refractivity contribution in [3.05, 3.63) is 164 Å². The Morgan fingerprint density at radius 2 is 1.06 bits per heavy atom. The molecule has 0 unspecified atom stereocenters. The highest BCUT2D eigenvalue weighted by molar-refractivity contribution is 6.28. The molecule has 0 fully saturated rings. The summed E-state index contributed by atoms with van der Waals surface area (Å²) in [5.74, 6) is 0.649. The van der Waals surface area contributed by atoms with Gasteiger partial charge in [0.1, 0.15) is 11.2 Å². The monoisotopic (exact) mass is 661 g/mol. The van der Waals surface area contributed by atoms with Crippen LogP contribution in [0.5, 0.6) is 0 Å². The molecule has 4 nitrogen and oxygen atoms in total. The highest BCUT2D eigenvalue weighted by Gasteiger charge is 2.22. The molecule has 12 rings (SSSR count). The Labute approximate surface area is 296 Å². The fourth-order valence-electron chi connectivity index (χ4n) is 8.71. The van der Waals surface area contributed by atoms with Gasteiger partial charge >= 0.3 is 0 Å². The summed E-state index contributed by atoms with van der Waals surface area (Å²) >= 11 is 0. The first-order valence-corrected chi connectivity index (χ1v) is 17.7.